The summed E-state index contributed by atoms with van der Waals surface area (Å²) < 4.78 is 1.23. The summed E-state index contributed by atoms with van der Waals surface area (Å²) in [7, 11) is 0. The molecule has 3 N–H and O–H groups in total. The Balaban J connectivity index is 1.85. The van der Waals surface area contributed by atoms with E-state index in [2.05, 4.69) is 10.3 Å². The van der Waals surface area contributed by atoms with Gasteiger partial charge in [0.1, 0.15) is 0 Å². The van der Waals surface area contributed by atoms with Crippen LogP contribution < -0.4 is 16.6 Å². The lowest BCUT2D eigenvalue weighted by Crippen LogP contribution is -2.24. The lowest BCUT2D eigenvalue weighted by Gasteiger charge is -2.07. The topological polar surface area (TPSA) is 107 Å². The molecular formula is C17H13ClN4O3. The van der Waals surface area contributed by atoms with E-state index in [-0.39, 0.29) is 17.9 Å². The number of anilines is 1. The van der Waals surface area contributed by atoms with Crippen molar-refractivity contribution in [3.8, 4) is 0 Å². The molecule has 126 valence electrons. The summed E-state index contributed by atoms with van der Waals surface area (Å²) in [6, 6.07) is 10.3. The van der Waals surface area contributed by atoms with Crippen LogP contribution in [0.2, 0.25) is 5.02 Å². The molecule has 1 heterocycles. The SMILES string of the molecule is NC(=O)Nc1ccc(C(=O)Cn2cnc3ccc(Cl)cc3c2=O)cc1. The predicted octanol–water partition coefficient (Wildman–Crippen LogP) is 2.42. The van der Waals surface area contributed by atoms with Gasteiger partial charge in [0.15, 0.2) is 5.78 Å². The van der Waals surface area contributed by atoms with Crippen molar-refractivity contribution in [2.45, 2.75) is 6.54 Å². The maximum Gasteiger partial charge on any atom is 0.316 e. The summed E-state index contributed by atoms with van der Waals surface area (Å²) in [5.41, 5.74) is 6.07. The number of halogens is 1. The van der Waals surface area contributed by atoms with Crippen LogP contribution in [0.4, 0.5) is 10.5 Å². The van der Waals surface area contributed by atoms with Crippen LogP contribution in [0.5, 0.6) is 0 Å². The molecule has 0 spiro atoms. The fourth-order valence-electron chi connectivity index (χ4n) is 2.37. The monoisotopic (exact) mass is 356 g/mol. The van der Waals surface area contributed by atoms with Gasteiger partial charge in [-0.05, 0) is 42.5 Å². The van der Waals surface area contributed by atoms with Gasteiger partial charge in [-0.2, -0.15) is 0 Å². The molecule has 25 heavy (non-hydrogen) atoms. The van der Waals surface area contributed by atoms with Gasteiger partial charge >= 0.3 is 6.03 Å². The Morgan fingerprint density at radius 2 is 1.88 bits per heavy atom. The Bertz CT molecular complexity index is 1030. The van der Waals surface area contributed by atoms with E-state index < -0.39 is 6.03 Å². The summed E-state index contributed by atoms with van der Waals surface area (Å²) in [6.07, 6.45) is 1.33. The quantitative estimate of drug-likeness (QED) is 0.700. The Morgan fingerprint density at radius 3 is 2.56 bits per heavy atom. The van der Waals surface area contributed by atoms with Gasteiger partial charge in [0.05, 0.1) is 23.8 Å². The summed E-state index contributed by atoms with van der Waals surface area (Å²) in [4.78, 5) is 39.8. The molecule has 0 fully saturated rings. The number of rotatable bonds is 4. The van der Waals surface area contributed by atoms with Crippen LogP contribution in [0.3, 0.4) is 0 Å². The molecule has 0 aliphatic carbocycles. The average molecular weight is 357 g/mol. The molecule has 0 atom stereocenters. The van der Waals surface area contributed by atoms with Crippen molar-refractivity contribution < 1.29 is 9.59 Å². The molecule has 1 aromatic heterocycles. The number of nitrogens with zero attached hydrogens (tertiary/aromatic N) is 2. The number of Topliss-reactive ketones (excluding diaryl/α,β-unsaturated/α-hetero) is 1. The number of benzene rings is 2. The molecule has 3 aromatic rings. The second-order valence-corrected chi connectivity index (χ2v) is 5.77. The molecule has 2 amide bonds. The Morgan fingerprint density at radius 1 is 1.16 bits per heavy atom. The highest BCUT2D eigenvalue weighted by Crippen LogP contribution is 2.14. The summed E-state index contributed by atoms with van der Waals surface area (Å²) in [5.74, 6) is -0.268. The van der Waals surface area contributed by atoms with Gasteiger partial charge in [0.25, 0.3) is 5.56 Å². The van der Waals surface area contributed by atoms with Crippen molar-refractivity contribution >= 4 is 40.0 Å². The van der Waals surface area contributed by atoms with Crippen LogP contribution in [-0.4, -0.2) is 21.4 Å². The van der Waals surface area contributed by atoms with Crippen LogP contribution in [0.15, 0.2) is 53.6 Å². The molecule has 3 rings (SSSR count). The molecule has 0 aliphatic heterocycles. The van der Waals surface area contributed by atoms with Crippen molar-refractivity contribution in [1.82, 2.24) is 9.55 Å². The van der Waals surface area contributed by atoms with Gasteiger partial charge < -0.3 is 11.1 Å². The van der Waals surface area contributed by atoms with Gasteiger partial charge in [-0.3, -0.25) is 14.2 Å². The largest absolute Gasteiger partial charge is 0.351 e. The maximum atomic E-state index is 12.5. The van der Waals surface area contributed by atoms with Crippen molar-refractivity contribution in [3.63, 3.8) is 0 Å². The number of fused-ring (bicyclic) bond motifs is 1. The summed E-state index contributed by atoms with van der Waals surface area (Å²) in [5, 5.41) is 3.18. The third-order valence-electron chi connectivity index (χ3n) is 3.57. The number of nitrogens with two attached hydrogens (primary N) is 1. The zero-order chi connectivity index (χ0) is 18.0. The minimum Gasteiger partial charge on any atom is -0.351 e. The molecule has 7 nitrogen and oxygen atoms in total. The van der Waals surface area contributed by atoms with E-state index in [4.69, 9.17) is 17.3 Å². The highest BCUT2D eigenvalue weighted by molar-refractivity contribution is 6.31. The highest BCUT2D eigenvalue weighted by atomic mass is 35.5. The molecule has 0 radical (unpaired) electrons. The second-order valence-electron chi connectivity index (χ2n) is 5.33. The van der Waals surface area contributed by atoms with Gasteiger partial charge in [-0.1, -0.05) is 11.6 Å². The Labute approximate surface area is 147 Å². The van der Waals surface area contributed by atoms with Crippen LogP contribution in [0.25, 0.3) is 10.9 Å². The number of hydrogen-bond donors (Lipinski definition) is 2. The van der Waals surface area contributed by atoms with E-state index in [0.29, 0.717) is 27.2 Å². The normalized spacial score (nSPS) is 10.6. The van der Waals surface area contributed by atoms with Gasteiger partial charge in [-0.15, -0.1) is 0 Å². The molecule has 2 aromatic carbocycles. The third-order valence-corrected chi connectivity index (χ3v) is 3.81. The minimum atomic E-state index is -0.688. The lowest BCUT2D eigenvalue weighted by atomic mass is 10.1. The molecule has 0 saturated carbocycles. The van der Waals surface area contributed by atoms with Gasteiger partial charge in [0.2, 0.25) is 0 Å². The van der Waals surface area contributed by atoms with Crippen molar-refractivity contribution in [2.24, 2.45) is 5.73 Å². The first-order chi connectivity index (χ1) is 11.9. The van der Waals surface area contributed by atoms with Crippen molar-refractivity contribution in [2.75, 3.05) is 5.32 Å². The van der Waals surface area contributed by atoms with Crippen LogP contribution in [0.1, 0.15) is 10.4 Å². The molecule has 8 heteroatoms. The van der Waals surface area contributed by atoms with Crippen LogP contribution in [0, 0.1) is 0 Å². The molecule has 0 unspecified atom stereocenters. The zero-order valence-electron chi connectivity index (χ0n) is 12.9. The number of primary amides is 1. The molecule has 0 bridgehead atoms. The van der Waals surface area contributed by atoms with E-state index >= 15 is 0 Å². The number of ketones is 1. The minimum absolute atomic E-state index is 0.156. The molecular weight excluding hydrogens is 344 g/mol. The Kier molecular flexibility index (Phi) is 4.49. The van der Waals surface area contributed by atoms with Crippen molar-refractivity contribution in [1.29, 1.82) is 0 Å². The van der Waals surface area contributed by atoms with Crippen LogP contribution in [-0.2, 0) is 6.54 Å². The van der Waals surface area contributed by atoms with E-state index in [1.807, 2.05) is 0 Å². The van der Waals surface area contributed by atoms with Gasteiger partial charge in [-0.25, -0.2) is 9.78 Å². The number of nitrogens with one attached hydrogen (secondary N) is 1. The number of aromatic nitrogens is 2. The zero-order valence-corrected chi connectivity index (χ0v) is 13.7. The van der Waals surface area contributed by atoms with Crippen molar-refractivity contribution in [3.05, 3.63) is 69.7 Å². The van der Waals surface area contributed by atoms with Crippen LogP contribution >= 0.6 is 11.6 Å². The lowest BCUT2D eigenvalue weighted by molar-refractivity contribution is 0.0970. The fraction of sp³-hybridized carbons (Fsp3) is 0.0588. The standard InChI is InChI=1S/C17H13ClN4O3/c18-11-3-6-14-13(7-11)16(24)22(9-20-14)8-15(23)10-1-4-12(5-2-10)21-17(19)25/h1-7,9H,8H2,(H3,19,21,25). The molecule has 0 aliphatic rings. The van der Waals surface area contributed by atoms with Gasteiger partial charge in [0, 0.05) is 16.3 Å². The number of carbonyl (C=O) groups excluding carboxylic acids is 2. The highest BCUT2D eigenvalue weighted by Gasteiger charge is 2.11. The Hall–Kier alpha value is -3.19. The van der Waals surface area contributed by atoms with E-state index in [9.17, 15) is 14.4 Å². The number of urea groups is 1. The molecule has 0 saturated heterocycles. The first-order valence-electron chi connectivity index (χ1n) is 7.28. The number of carbonyl (C=O) groups is 2. The average Bonchev–Trinajstić information content (AvgIpc) is 2.58. The third kappa shape index (κ3) is 3.67. The smallest absolute Gasteiger partial charge is 0.316 e. The van der Waals surface area contributed by atoms with E-state index in [0.717, 1.165) is 0 Å². The first-order valence-corrected chi connectivity index (χ1v) is 7.66. The second kappa shape index (κ2) is 6.74. The summed E-state index contributed by atoms with van der Waals surface area (Å²) >= 11 is 5.91. The van der Waals surface area contributed by atoms with E-state index in [1.54, 1.807) is 36.4 Å². The summed E-state index contributed by atoms with van der Waals surface area (Å²) in [6.45, 7) is -0.156. The predicted molar refractivity (Wildman–Crippen MR) is 95.0 cm³/mol. The fourth-order valence-corrected chi connectivity index (χ4v) is 2.54. The number of amides is 2. The van der Waals surface area contributed by atoms with E-state index in [1.165, 1.54) is 17.0 Å². The maximum absolute atomic E-state index is 12.5. The first kappa shape index (κ1) is 16.7. The number of hydrogen-bond acceptors (Lipinski definition) is 4.